The van der Waals surface area contributed by atoms with E-state index in [0.717, 1.165) is 12.1 Å². The van der Waals surface area contributed by atoms with Gasteiger partial charge in [-0.25, -0.2) is 0 Å². The zero-order chi connectivity index (χ0) is 9.64. The molecule has 1 heterocycles. The topological polar surface area (TPSA) is 3.24 Å². The molecular formula is C13H15N. The second-order valence-electron chi connectivity index (χ2n) is 3.65. The Morgan fingerprint density at radius 1 is 1.07 bits per heavy atom. The Morgan fingerprint density at radius 2 is 1.79 bits per heavy atom. The quantitative estimate of drug-likeness (QED) is 0.606. The smallest absolute Gasteiger partial charge is 0.0605 e. The molecule has 0 radical (unpaired) electrons. The van der Waals surface area contributed by atoms with Crippen LogP contribution in [0, 0.1) is 11.8 Å². The van der Waals surface area contributed by atoms with E-state index in [1.807, 2.05) is 18.2 Å². The van der Waals surface area contributed by atoms with Gasteiger partial charge in [0, 0.05) is 5.56 Å². The summed E-state index contributed by atoms with van der Waals surface area (Å²) in [4.78, 5) is 2.41. The SMILES string of the molecule is C(#Cc1ccccc1)CN1CCCC1. The molecule has 1 aliphatic heterocycles. The molecule has 72 valence electrons. The highest BCUT2D eigenvalue weighted by Gasteiger charge is 2.08. The van der Waals surface area contributed by atoms with E-state index in [4.69, 9.17) is 0 Å². The number of nitrogens with zero attached hydrogens (tertiary/aromatic N) is 1. The maximum absolute atomic E-state index is 3.22. The van der Waals surface area contributed by atoms with Crippen molar-refractivity contribution in [3.8, 4) is 11.8 Å². The highest BCUT2D eigenvalue weighted by molar-refractivity contribution is 5.33. The third-order valence-electron chi connectivity index (χ3n) is 2.51. The van der Waals surface area contributed by atoms with Crippen LogP contribution >= 0.6 is 0 Å². The van der Waals surface area contributed by atoms with Gasteiger partial charge in [-0.2, -0.15) is 0 Å². The van der Waals surface area contributed by atoms with Crippen molar-refractivity contribution in [2.75, 3.05) is 19.6 Å². The fourth-order valence-corrected chi connectivity index (χ4v) is 1.72. The third-order valence-corrected chi connectivity index (χ3v) is 2.51. The summed E-state index contributed by atoms with van der Waals surface area (Å²) in [5, 5.41) is 0. The first kappa shape index (κ1) is 9.30. The summed E-state index contributed by atoms with van der Waals surface area (Å²) in [5.41, 5.74) is 1.12. The lowest BCUT2D eigenvalue weighted by Crippen LogP contribution is -2.18. The van der Waals surface area contributed by atoms with E-state index >= 15 is 0 Å². The van der Waals surface area contributed by atoms with Crippen LogP contribution in [0.15, 0.2) is 30.3 Å². The lowest BCUT2D eigenvalue weighted by Gasteiger charge is -2.08. The van der Waals surface area contributed by atoms with Crippen LogP contribution in [0.25, 0.3) is 0 Å². The Balaban J connectivity index is 1.87. The molecule has 0 aromatic heterocycles. The number of hydrogen-bond donors (Lipinski definition) is 0. The molecule has 1 nitrogen and oxygen atoms in total. The number of likely N-dealkylation sites (tertiary alicyclic amines) is 1. The van der Waals surface area contributed by atoms with Crippen LogP contribution < -0.4 is 0 Å². The maximum atomic E-state index is 3.22. The van der Waals surface area contributed by atoms with E-state index < -0.39 is 0 Å². The summed E-state index contributed by atoms with van der Waals surface area (Å²) in [5.74, 6) is 6.40. The van der Waals surface area contributed by atoms with Gasteiger partial charge in [0.2, 0.25) is 0 Å². The molecule has 1 aliphatic rings. The van der Waals surface area contributed by atoms with Crippen LogP contribution in [0.4, 0.5) is 0 Å². The largest absolute Gasteiger partial charge is 0.292 e. The van der Waals surface area contributed by atoms with E-state index in [1.54, 1.807) is 0 Å². The van der Waals surface area contributed by atoms with Crippen molar-refractivity contribution in [3.05, 3.63) is 35.9 Å². The molecule has 0 atom stereocenters. The minimum Gasteiger partial charge on any atom is -0.292 e. The van der Waals surface area contributed by atoms with Crippen molar-refractivity contribution in [1.82, 2.24) is 4.90 Å². The predicted molar refractivity (Wildman–Crippen MR) is 59.0 cm³/mol. The minimum atomic E-state index is 0.925. The second-order valence-corrected chi connectivity index (χ2v) is 3.65. The summed E-state index contributed by atoms with van der Waals surface area (Å²) in [6.07, 6.45) is 2.68. The summed E-state index contributed by atoms with van der Waals surface area (Å²) >= 11 is 0. The van der Waals surface area contributed by atoms with Crippen LogP contribution in [0.5, 0.6) is 0 Å². The third kappa shape index (κ3) is 2.61. The van der Waals surface area contributed by atoms with Crippen molar-refractivity contribution in [2.45, 2.75) is 12.8 Å². The summed E-state index contributed by atoms with van der Waals surface area (Å²) < 4.78 is 0. The Morgan fingerprint density at radius 3 is 2.50 bits per heavy atom. The minimum absolute atomic E-state index is 0.925. The first-order chi connectivity index (χ1) is 6.95. The summed E-state index contributed by atoms with van der Waals surface area (Å²) in [6, 6.07) is 10.2. The molecule has 1 heteroatoms. The lowest BCUT2D eigenvalue weighted by atomic mass is 10.2. The van der Waals surface area contributed by atoms with E-state index in [0.29, 0.717) is 0 Å². The molecule has 0 amide bonds. The normalized spacial score (nSPS) is 16.3. The van der Waals surface area contributed by atoms with E-state index in [-0.39, 0.29) is 0 Å². The highest BCUT2D eigenvalue weighted by atomic mass is 15.1. The fraction of sp³-hybridized carbons (Fsp3) is 0.385. The summed E-state index contributed by atoms with van der Waals surface area (Å²) in [6.45, 7) is 3.38. The molecule has 1 saturated heterocycles. The van der Waals surface area contributed by atoms with Gasteiger partial charge >= 0.3 is 0 Å². The van der Waals surface area contributed by atoms with Gasteiger partial charge in [0.25, 0.3) is 0 Å². The average molecular weight is 185 g/mol. The maximum Gasteiger partial charge on any atom is 0.0605 e. The second kappa shape index (κ2) is 4.83. The molecule has 0 N–H and O–H groups in total. The number of benzene rings is 1. The first-order valence-electron chi connectivity index (χ1n) is 5.21. The number of rotatable bonds is 1. The molecule has 0 unspecified atom stereocenters. The molecule has 1 fully saturated rings. The van der Waals surface area contributed by atoms with Gasteiger partial charge in [-0.05, 0) is 38.1 Å². The molecule has 1 aromatic carbocycles. The van der Waals surface area contributed by atoms with Gasteiger partial charge in [-0.1, -0.05) is 30.0 Å². The van der Waals surface area contributed by atoms with E-state index in [2.05, 4.69) is 28.9 Å². The van der Waals surface area contributed by atoms with Crippen molar-refractivity contribution >= 4 is 0 Å². The van der Waals surface area contributed by atoms with Gasteiger partial charge in [-0.15, -0.1) is 0 Å². The predicted octanol–water partition coefficient (Wildman–Crippen LogP) is 2.13. The molecule has 0 spiro atoms. The van der Waals surface area contributed by atoms with Gasteiger partial charge in [-0.3, -0.25) is 4.90 Å². The first-order valence-corrected chi connectivity index (χ1v) is 5.21. The molecule has 1 aromatic rings. The zero-order valence-electron chi connectivity index (χ0n) is 8.37. The van der Waals surface area contributed by atoms with Crippen LogP contribution in [0.3, 0.4) is 0 Å². The van der Waals surface area contributed by atoms with Crippen LogP contribution in [-0.4, -0.2) is 24.5 Å². The van der Waals surface area contributed by atoms with Crippen molar-refractivity contribution in [1.29, 1.82) is 0 Å². The average Bonchev–Trinajstić information content (AvgIpc) is 2.72. The highest BCUT2D eigenvalue weighted by Crippen LogP contribution is 2.05. The Bertz CT molecular complexity index is 325. The molecule has 2 rings (SSSR count). The molecule has 0 aliphatic carbocycles. The van der Waals surface area contributed by atoms with Crippen LogP contribution in [0.1, 0.15) is 18.4 Å². The Kier molecular flexibility index (Phi) is 3.21. The number of hydrogen-bond acceptors (Lipinski definition) is 1. The molecule has 0 bridgehead atoms. The van der Waals surface area contributed by atoms with E-state index in [9.17, 15) is 0 Å². The van der Waals surface area contributed by atoms with E-state index in [1.165, 1.54) is 25.9 Å². The van der Waals surface area contributed by atoms with Crippen LogP contribution in [-0.2, 0) is 0 Å². The lowest BCUT2D eigenvalue weighted by molar-refractivity contribution is 0.383. The van der Waals surface area contributed by atoms with Crippen molar-refractivity contribution < 1.29 is 0 Å². The van der Waals surface area contributed by atoms with Crippen molar-refractivity contribution in [3.63, 3.8) is 0 Å². The monoisotopic (exact) mass is 185 g/mol. The van der Waals surface area contributed by atoms with Crippen molar-refractivity contribution in [2.24, 2.45) is 0 Å². The fourth-order valence-electron chi connectivity index (χ4n) is 1.72. The Hall–Kier alpha value is -1.26. The standard InChI is InChI=1S/C13H15N/c1-2-7-13(8-3-1)9-6-12-14-10-4-5-11-14/h1-3,7-8H,4-5,10-12H2. The Labute approximate surface area is 85.7 Å². The zero-order valence-corrected chi connectivity index (χ0v) is 8.37. The van der Waals surface area contributed by atoms with Gasteiger partial charge in [0.05, 0.1) is 6.54 Å². The van der Waals surface area contributed by atoms with Gasteiger partial charge < -0.3 is 0 Å². The molecular weight excluding hydrogens is 170 g/mol. The van der Waals surface area contributed by atoms with Crippen LogP contribution in [0.2, 0.25) is 0 Å². The van der Waals surface area contributed by atoms with Gasteiger partial charge in [0.15, 0.2) is 0 Å². The summed E-state index contributed by atoms with van der Waals surface area (Å²) in [7, 11) is 0. The molecule has 0 saturated carbocycles. The molecule has 14 heavy (non-hydrogen) atoms. The van der Waals surface area contributed by atoms with Gasteiger partial charge in [0.1, 0.15) is 0 Å².